The zero-order chi connectivity index (χ0) is 13.5. The molecule has 0 heterocycles. The molecule has 100 valence electrons. The topological polar surface area (TPSA) is 41.1 Å². The van der Waals surface area contributed by atoms with Gasteiger partial charge in [0, 0.05) is 29.5 Å². The maximum atomic E-state index is 11.5. The highest BCUT2D eigenvalue weighted by Gasteiger charge is 2.07. The number of halogens is 1. The highest BCUT2D eigenvalue weighted by atomic mass is 79.9. The molecule has 0 fully saturated rings. The van der Waals surface area contributed by atoms with Crippen LogP contribution in [0.5, 0.6) is 0 Å². The van der Waals surface area contributed by atoms with Crippen LogP contribution in [0.25, 0.3) is 0 Å². The second kappa shape index (κ2) is 7.54. The summed E-state index contributed by atoms with van der Waals surface area (Å²) in [5.41, 5.74) is 1.22. The van der Waals surface area contributed by atoms with Gasteiger partial charge in [0.1, 0.15) is 0 Å². The van der Waals surface area contributed by atoms with Gasteiger partial charge in [0.25, 0.3) is 0 Å². The van der Waals surface area contributed by atoms with Crippen molar-refractivity contribution in [2.24, 2.45) is 0 Å². The number of benzene rings is 1. The van der Waals surface area contributed by atoms with E-state index in [1.54, 1.807) is 0 Å². The summed E-state index contributed by atoms with van der Waals surface area (Å²) < 4.78 is 1.08. The molecule has 1 rings (SSSR count). The second-order valence-corrected chi connectivity index (χ2v) is 5.62. The Morgan fingerprint density at radius 1 is 1.33 bits per heavy atom. The van der Waals surface area contributed by atoms with Crippen molar-refractivity contribution in [3.05, 3.63) is 34.3 Å². The van der Waals surface area contributed by atoms with Crippen molar-refractivity contribution >= 4 is 21.8 Å². The van der Waals surface area contributed by atoms with Gasteiger partial charge in [0.05, 0.1) is 0 Å². The summed E-state index contributed by atoms with van der Waals surface area (Å²) in [7, 11) is 0. The van der Waals surface area contributed by atoms with E-state index in [0.717, 1.165) is 4.47 Å². The van der Waals surface area contributed by atoms with Gasteiger partial charge in [0.2, 0.25) is 5.91 Å². The molecule has 1 atom stereocenters. The molecule has 0 saturated heterocycles. The average molecular weight is 313 g/mol. The zero-order valence-corrected chi connectivity index (χ0v) is 12.8. The molecular formula is C14H21BrN2O. The molecule has 0 unspecified atom stereocenters. The first-order valence-electron chi connectivity index (χ1n) is 6.27. The molecule has 3 nitrogen and oxygen atoms in total. The van der Waals surface area contributed by atoms with Crippen molar-refractivity contribution in [3.8, 4) is 0 Å². The van der Waals surface area contributed by atoms with Crippen LogP contribution < -0.4 is 10.6 Å². The molecule has 0 aliphatic heterocycles. The van der Waals surface area contributed by atoms with E-state index < -0.39 is 0 Å². The Bertz CT molecular complexity index is 393. The summed E-state index contributed by atoms with van der Waals surface area (Å²) in [6.07, 6.45) is 0.510. The summed E-state index contributed by atoms with van der Waals surface area (Å²) in [6, 6.07) is 8.65. The third kappa shape index (κ3) is 5.65. The highest BCUT2D eigenvalue weighted by Crippen LogP contribution is 2.17. The van der Waals surface area contributed by atoms with Crippen LogP contribution >= 0.6 is 15.9 Å². The predicted octanol–water partition coefficient (Wildman–Crippen LogP) is 3.01. The lowest BCUT2D eigenvalue weighted by Crippen LogP contribution is -2.33. The Morgan fingerprint density at radius 3 is 2.67 bits per heavy atom. The molecule has 18 heavy (non-hydrogen) atoms. The summed E-state index contributed by atoms with van der Waals surface area (Å²) in [5, 5.41) is 6.23. The van der Waals surface area contributed by atoms with Crippen LogP contribution in [0.3, 0.4) is 0 Å². The van der Waals surface area contributed by atoms with Gasteiger partial charge in [-0.2, -0.15) is 0 Å². The summed E-state index contributed by atoms with van der Waals surface area (Å²) in [4.78, 5) is 11.5. The lowest BCUT2D eigenvalue weighted by molar-refractivity contribution is -0.121. The van der Waals surface area contributed by atoms with E-state index in [4.69, 9.17) is 0 Å². The van der Waals surface area contributed by atoms with Crippen molar-refractivity contribution in [1.29, 1.82) is 0 Å². The molecule has 4 heteroatoms. The second-order valence-electron chi connectivity index (χ2n) is 4.70. The minimum absolute atomic E-state index is 0.0962. The normalized spacial score (nSPS) is 12.5. The summed E-state index contributed by atoms with van der Waals surface area (Å²) >= 11 is 3.46. The average Bonchev–Trinajstić information content (AvgIpc) is 2.27. The Balaban J connectivity index is 2.33. The van der Waals surface area contributed by atoms with Crippen LogP contribution in [0, 0.1) is 0 Å². The molecule has 0 aliphatic rings. The molecule has 0 saturated carbocycles. The number of carbonyl (C=O) groups is 1. The van der Waals surface area contributed by atoms with E-state index in [2.05, 4.69) is 45.6 Å². The van der Waals surface area contributed by atoms with Crippen molar-refractivity contribution in [2.45, 2.75) is 39.3 Å². The van der Waals surface area contributed by atoms with Gasteiger partial charge < -0.3 is 10.6 Å². The van der Waals surface area contributed by atoms with Crippen LogP contribution in [0.2, 0.25) is 0 Å². The van der Waals surface area contributed by atoms with E-state index in [9.17, 15) is 4.79 Å². The Labute approximate surface area is 117 Å². The van der Waals surface area contributed by atoms with Gasteiger partial charge >= 0.3 is 0 Å². The lowest BCUT2D eigenvalue weighted by atomic mass is 10.1. The van der Waals surface area contributed by atoms with Crippen LogP contribution in [0.1, 0.15) is 38.8 Å². The van der Waals surface area contributed by atoms with Crippen molar-refractivity contribution in [1.82, 2.24) is 10.6 Å². The predicted molar refractivity (Wildman–Crippen MR) is 78.5 cm³/mol. The van der Waals surface area contributed by atoms with Crippen molar-refractivity contribution in [3.63, 3.8) is 0 Å². The fourth-order valence-electron chi connectivity index (χ4n) is 1.69. The standard InChI is InChI=1S/C14H21BrN2O/c1-10(2)17-14(18)7-8-16-11(3)12-5-4-6-13(15)9-12/h4-6,9-11,16H,7-8H2,1-3H3,(H,17,18)/t11-/m1/s1. The first-order chi connectivity index (χ1) is 8.49. The maximum absolute atomic E-state index is 11.5. The van der Waals surface area contributed by atoms with Crippen LogP contribution in [-0.4, -0.2) is 18.5 Å². The molecule has 1 aromatic rings. The van der Waals surface area contributed by atoms with Crippen LogP contribution in [0.15, 0.2) is 28.7 Å². The number of hydrogen-bond acceptors (Lipinski definition) is 2. The minimum Gasteiger partial charge on any atom is -0.354 e. The smallest absolute Gasteiger partial charge is 0.221 e. The van der Waals surface area contributed by atoms with Crippen molar-refractivity contribution < 1.29 is 4.79 Å². The number of carbonyl (C=O) groups excluding carboxylic acids is 1. The van der Waals surface area contributed by atoms with Gasteiger partial charge in [-0.15, -0.1) is 0 Å². The minimum atomic E-state index is 0.0962. The molecule has 0 bridgehead atoms. The van der Waals surface area contributed by atoms with Gasteiger partial charge in [-0.25, -0.2) is 0 Å². The molecule has 0 spiro atoms. The number of hydrogen-bond donors (Lipinski definition) is 2. The molecule has 2 N–H and O–H groups in total. The fraction of sp³-hybridized carbons (Fsp3) is 0.500. The molecule has 0 aliphatic carbocycles. The van der Waals surface area contributed by atoms with Crippen LogP contribution in [0.4, 0.5) is 0 Å². The van der Waals surface area contributed by atoms with E-state index in [1.165, 1.54) is 5.56 Å². The largest absolute Gasteiger partial charge is 0.354 e. The monoisotopic (exact) mass is 312 g/mol. The van der Waals surface area contributed by atoms with Gasteiger partial charge in [-0.05, 0) is 38.5 Å². The number of nitrogens with one attached hydrogen (secondary N) is 2. The highest BCUT2D eigenvalue weighted by molar-refractivity contribution is 9.10. The van der Waals surface area contributed by atoms with Gasteiger partial charge in [-0.1, -0.05) is 28.1 Å². The number of amides is 1. The van der Waals surface area contributed by atoms with E-state index in [-0.39, 0.29) is 18.0 Å². The first kappa shape index (κ1) is 15.2. The van der Waals surface area contributed by atoms with E-state index in [1.807, 2.05) is 26.0 Å². The maximum Gasteiger partial charge on any atom is 0.221 e. The third-order valence-corrected chi connectivity index (χ3v) is 3.09. The Hall–Kier alpha value is -0.870. The summed E-state index contributed by atoms with van der Waals surface area (Å²) in [6.45, 7) is 6.72. The Kier molecular flexibility index (Phi) is 6.36. The van der Waals surface area contributed by atoms with Crippen LogP contribution in [-0.2, 0) is 4.79 Å². The van der Waals surface area contributed by atoms with Crippen molar-refractivity contribution in [2.75, 3.05) is 6.54 Å². The fourth-order valence-corrected chi connectivity index (χ4v) is 2.11. The molecule has 1 amide bonds. The number of rotatable bonds is 6. The SMILES string of the molecule is CC(C)NC(=O)CCN[C@H](C)c1cccc(Br)c1. The van der Waals surface area contributed by atoms with Gasteiger partial charge in [-0.3, -0.25) is 4.79 Å². The third-order valence-electron chi connectivity index (χ3n) is 2.60. The molecule has 0 aromatic heterocycles. The van der Waals surface area contributed by atoms with E-state index >= 15 is 0 Å². The quantitative estimate of drug-likeness (QED) is 0.847. The van der Waals surface area contributed by atoms with Gasteiger partial charge in [0.15, 0.2) is 0 Å². The molecular weight excluding hydrogens is 292 g/mol. The summed E-state index contributed by atoms with van der Waals surface area (Å²) in [5.74, 6) is 0.0962. The van der Waals surface area contributed by atoms with E-state index in [0.29, 0.717) is 13.0 Å². The first-order valence-corrected chi connectivity index (χ1v) is 7.06. The molecule has 0 radical (unpaired) electrons. The zero-order valence-electron chi connectivity index (χ0n) is 11.2. The lowest BCUT2D eigenvalue weighted by Gasteiger charge is -2.15. The molecule has 1 aromatic carbocycles. The Morgan fingerprint density at radius 2 is 2.06 bits per heavy atom.